The van der Waals surface area contributed by atoms with Crippen molar-refractivity contribution in [3.8, 4) is 5.75 Å². The highest BCUT2D eigenvalue weighted by molar-refractivity contribution is 7.89. The maximum Gasteiger partial charge on any atom is 0.269 e. The third-order valence-corrected chi connectivity index (χ3v) is 5.54. The first-order valence-electron chi connectivity index (χ1n) is 8.66. The van der Waals surface area contributed by atoms with E-state index in [-0.39, 0.29) is 28.4 Å². The second kappa shape index (κ2) is 8.58. The van der Waals surface area contributed by atoms with Gasteiger partial charge >= 0.3 is 0 Å². The van der Waals surface area contributed by atoms with Gasteiger partial charge in [-0.2, -0.15) is 0 Å². The molecule has 29 heavy (non-hydrogen) atoms. The summed E-state index contributed by atoms with van der Waals surface area (Å²) in [5, 5.41) is 13.4. The molecule has 2 rings (SSSR count). The minimum Gasteiger partial charge on any atom is -0.495 e. The van der Waals surface area contributed by atoms with Crippen LogP contribution in [-0.4, -0.2) is 31.9 Å². The third kappa shape index (κ3) is 6.00. The zero-order valence-electron chi connectivity index (χ0n) is 16.6. The van der Waals surface area contributed by atoms with Gasteiger partial charge in [-0.25, -0.2) is 13.1 Å². The molecule has 0 saturated carbocycles. The van der Waals surface area contributed by atoms with Gasteiger partial charge in [0.15, 0.2) is 0 Å². The Labute approximate surface area is 169 Å². The number of nitro groups is 1. The fourth-order valence-electron chi connectivity index (χ4n) is 2.51. The van der Waals surface area contributed by atoms with Crippen molar-refractivity contribution in [2.24, 2.45) is 0 Å². The summed E-state index contributed by atoms with van der Waals surface area (Å²) in [5.41, 5.74) is 0.0519. The van der Waals surface area contributed by atoms with Crippen LogP contribution in [0.2, 0.25) is 0 Å². The first kappa shape index (κ1) is 22.3. The number of ether oxygens (including phenoxy) is 1. The Morgan fingerprint density at radius 2 is 1.76 bits per heavy atom. The van der Waals surface area contributed by atoms with Crippen LogP contribution in [0.1, 0.15) is 36.7 Å². The molecule has 0 heterocycles. The van der Waals surface area contributed by atoms with Gasteiger partial charge < -0.3 is 10.1 Å². The number of carbonyl (C=O) groups excluding carboxylic acids is 1. The number of non-ortho nitro benzene ring substituents is 1. The van der Waals surface area contributed by atoms with Gasteiger partial charge in [-0.1, -0.05) is 12.1 Å². The lowest BCUT2D eigenvalue weighted by molar-refractivity contribution is -0.384. The molecule has 0 bridgehead atoms. The lowest BCUT2D eigenvalue weighted by atomic mass is 10.1. The second-order valence-electron chi connectivity index (χ2n) is 7.33. The molecule has 2 aromatic carbocycles. The Morgan fingerprint density at radius 3 is 2.28 bits per heavy atom. The van der Waals surface area contributed by atoms with E-state index in [9.17, 15) is 23.3 Å². The van der Waals surface area contributed by atoms with Crippen molar-refractivity contribution in [2.45, 2.75) is 37.8 Å². The molecule has 0 radical (unpaired) electrons. The number of hydrogen-bond acceptors (Lipinski definition) is 6. The fourth-order valence-corrected chi connectivity index (χ4v) is 4.12. The molecule has 0 spiro atoms. The Morgan fingerprint density at radius 1 is 1.14 bits per heavy atom. The standard InChI is InChI=1S/C19H23N3O6S/c1-19(2,3)21-29(26,27)17-11-14(7-10-16(17)28-4)18(23)20-12-13-5-8-15(9-6-13)22(24)25/h5-11,21H,12H2,1-4H3,(H,20,23). The highest BCUT2D eigenvalue weighted by atomic mass is 32.2. The number of amides is 1. The molecule has 10 heteroatoms. The van der Waals surface area contributed by atoms with Crippen LogP contribution in [0.3, 0.4) is 0 Å². The Bertz CT molecular complexity index is 1010. The predicted octanol–water partition coefficient (Wildman–Crippen LogP) is 2.61. The van der Waals surface area contributed by atoms with Gasteiger partial charge in [0.05, 0.1) is 12.0 Å². The third-order valence-electron chi connectivity index (χ3n) is 3.76. The molecule has 2 N–H and O–H groups in total. The average molecular weight is 421 g/mol. The maximum absolute atomic E-state index is 12.7. The monoisotopic (exact) mass is 421 g/mol. The number of benzene rings is 2. The molecule has 2 aromatic rings. The van der Waals surface area contributed by atoms with Gasteiger partial charge in [0.1, 0.15) is 10.6 Å². The van der Waals surface area contributed by atoms with Crippen molar-refractivity contribution in [3.63, 3.8) is 0 Å². The average Bonchev–Trinajstić information content (AvgIpc) is 2.64. The van der Waals surface area contributed by atoms with Crippen LogP contribution in [0.25, 0.3) is 0 Å². The van der Waals surface area contributed by atoms with E-state index in [0.717, 1.165) is 0 Å². The van der Waals surface area contributed by atoms with E-state index < -0.39 is 26.4 Å². The molecule has 9 nitrogen and oxygen atoms in total. The van der Waals surface area contributed by atoms with E-state index in [4.69, 9.17) is 4.74 Å². The lowest BCUT2D eigenvalue weighted by Crippen LogP contribution is -2.40. The van der Waals surface area contributed by atoms with Gasteiger partial charge in [0.25, 0.3) is 11.6 Å². The summed E-state index contributed by atoms with van der Waals surface area (Å²) in [7, 11) is -2.57. The molecule has 0 atom stereocenters. The van der Waals surface area contributed by atoms with Crippen LogP contribution < -0.4 is 14.8 Å². The Balaban J connectivity index is 2.21. The molecule has 0 fully saturated rings. The molecule has 0 unspecified atom stereocenters. The van der Waals surface area contributed by atoms with Gasteiger partial charge in [0, 0.05) is 29.8 Å². The van der Waals surface area contributed by atoms with Crippen molar-refractivity contribution in [3.05, 3.63) is 63.7 Å². The minimum atomic E-state index is -3.92. The first-order chi connectivity index (χ1) is 13.4. The van der Waals surface area contributed by atoms with Gasteiger partial charge in [-0.15, -0.1) is 0 Å². The van der Waals surface area contributed by atoms with Gasteiger partial charge in [0.2, 0.25) is 10.0 Å². The SMILES string of the molecule is COc1ccc(C(=O)NCc2ccc([N+](=O)[O-])cc2)cc1S(=O)(=O)NC(C)(C)C. The molecule has 0 aromatic heterocycles. The summed E-state index contributed by atoms with van der Waals surface area (Å²) in [6.45, 7) is 5.25. The minimum absolute atomic E-state index is 0.0450. The molecule has 0 aliphatic heterocycles. The predicted molar refractivity (Wildman–Crippen MR) is 107 cm³/mol. The normalized spacial score (nSPS) is 11.7. The number of rotatable bonds is 7. The zero-order chi connectivity index (χ0) is 21.8. The van der Waals surface area contributed by atoms with Crippen LogP contribution in [-0.2, 0) is 16.6 Å². The van der Waals surface area contributed by atoms with Crippen LogP contribution in [0.15, 0.2) is 47.4 Å². The highest BCUT2D eigenvalue weighted by Crippen LogP contribution is 2.26. The topological polar surface area (TPSA) is 128 Å². The zero-order valence-corrected chi connectivity index (χ0v) is 17.4. The largest absolute Gasteiger partial charge is 0.495 e. The Hall–Kier alpha value is -2.98. The van der Waals surface area contributed by atoms with E-state index >= 15 is 0 Å². The molecule has 0 aliphatic rings. The number of nitrogens with one attached hydrogen (secondary N) is 2. The number of nitrogens with zero attached hydrogens (tertiary/aromatic N) is 1. The first-order valence-corrected chi connectivity index (χ1v) is 10.1. The highest BCUT2D eigenvalue weighted by Gasteiger charge is 2.26. The number of methoxy groups -OCH3 is 1. The van der Waals surface area contributed by atoms with Crippen LogP contribution in [0, 0.1) is 10.1 Å². The van der Waals surface area contributed by atoms with Crippen molar-refractivity contribution in [1.29, 1.82) is 0 Å². The lowest BCUT2D eigenvalue weighted by Gasteiger charge is -2.21. The summed E-state index contributed by atoms with van der Waals surface area (Å²) >= 11 is 0. The quantitative estimate of drug-likeness (QED) is 0.522. The van der Waals surface area contributed by atoms with E-state index in [1.807, 2.05) is 0 Å². The van der Waals surface area contributed by atoms with Crippen molar-refractivity contribution < 1.29 is 22.9 Å². The smallest absolute Gasteiger partial charge is 0.269 e. The summed E-state index contributed by atoms with van der Waals surface area (Å²) in [6, 6.07) is 9.89. The molecule has 0 saturated heterocycles. The summed E-state index contributed by atoms with van der Waals surface area (Å²) in [5.74, 6) is -0.369. The number of sulfonamides is 1. The molecule has 1 amide bonds. The molecular weight excluding hydrogens is 398 g/mol. The molecule has 0 aliphatic carbocycles. The van der Waals surface area contributed by atoms with Gasteiger partial charge in [-0.3, -0.25) is 14.9 Å². The Kier molecular flexibility index (Phi) is 6.60. The van der Waals surface area contributed by atoms with E-state index in [1.165, 1.54) is 49.6 Å². The molecule has 156 valence electrons. The van der Waals surface area contributed by atoms with Crippen molar-refractivity contribution in [2.75, 3.05) is 7.11 Å². The van der Waals surface area contributed by atoms with Crippen LogP contribution in [0.4, 0.5) is 5.69 Å². The van der Waals surface area contributed by atoms with Crippen LogP contribution >= 0.6 is 0 Å². The van der Waals surface area contributed by atoms with E-state index in [2.05, 4.69) is 10.0 Å². The van der Waals surface area contributed by atoms with Crippen molar-refractivity contribution >= 4 is 21.6 Å². The van der Waals surface area contributed by atoms with Crippen molar-refractivity contribution in [1.82, 2.24) is 10.0 Å². The second-order valence-corrected chi connectivity index (χ2v) is 8.98. The van der Waals surface area contributed by atoms with E-state index in [0.29, 0.717) is 5.56 Å². The fraction of sp³-hybridized carbons (Fsp3) is 0.316. The van der Waals surface area contributed by atoms with Crippen LogP contribution in [0.5, 0.6) is 5.75 Å². The van der Waals surface area contributed by atoms with E-state index in [1.54, 1.807) is 20.8 Å². The summed E-state index contributed by atoms with van der Waals surface area (Å²) in [6.07, 6.45) is 0. The number of carbonyl (C=O) groups is 1. The van der Waals surface area contributed by atoms with Gasteiger partial charge in [-0.05, 0) is 44.5 Å². The molecular formula is C19H23N3O6S. The summed E-state index contributed by atoms with van der Waals surface area (Å²) < 4.78 is 33.0. The number of nitro benzene ring substituents is 1. The number of hydrogen-bond donors (Lipinski definition) is 2. The summed E-state index contributed by atoms with van der Waals surface area (Å²) in [4.78, 5) is 22.5. The maximum atomic E-state index is 12.7.